The van der Waals surface area contributed by atoms with Gasteiger partial charge in [-0.05, 0) is 49.9 Å². The van der Waals surface area contributed by atoms with E-state index in [1.54, 1.807) is 0 Å². The Labute approximate surface area is 132 Å². The predicted octanol–water partition coefficient (Wildman–Crippen LogP) is 2.77. The lowest BCUT2D eigenvalue weighted by atomic mass is 9.46. The second-order valence-corrected chi connectivity index (χ2v) is 7.46. The molecular weight excluding hydrogens is 276 g/mol. The molecule has 4 heteroatoms. The van der Waals surface area contributed by atoms with Crippen LogP contribution in [-0.4, -0.2) is 24.2 Å². The first-order valence-corrected chi connectivity index (χ1v) is 8.07. The Morgan fingerprint density at radius 1 is 1.27 bits per heavy atom. The number of benzene rings is 1. The highest BCUT2D eigenvalue weighted by molar-refractivity contribution is 6.00. The Bertz CT molecular complexity index is 591. The van der Waals surface area contributed by atoms with Gasteiger partial charge in [-0.3, -0.25) is 4.79 Å². The number of carbonyl (C=O) groups is 1. The molecule has 1 aromatic rings. The fourth-order valence-electron chi connectivity index (χ4n) is 4.32. The molecule has 0 aromatic heterocycles. The monoisotopic (exact) mass is 302 g/mol. The van der Waals surface area contributed by atoms with Gasteiger partial charge in [0.05, 0.1) is 6.10 Å². The number of aryl methyl sites for hydroxylation is 2. The van der Waals surface area contributed by atoms with Crippen LogP contribution in [0.4, 0.5) is 5.69 Å². The number of fused-ring (bicyclic) bond motifs is 1. The summed E-state index contributed by atoms with van der Waals surface area (Å²) in [4.78, 5) is 12.9. The molecule has 4 nitrogen and oxygen atoms in total. The standard InChI is InChI=1S/C18H26N2O2/c1-11-8-12(2)10-13(9-11)20-16(21)18(19)14-6-5-7-22-15(14)17(18,3)4/h8-10,14-15H,5-7,19H2,1-4H3,(H,20,21). The zero-order valence-electron chi connectivity index (χ0n) is 13.9. The molecule has 22 heavy (non-hydrogen) atoms. The zero-order chi connectivity index (χ0) is 16.1. The minimum absolute atomic E-state index is 0.0887. The molecule has 0 radical (unpaired) electrons. The van der Waals surface area contributed by atoms with Gasteiger partial charge in [0.1, 0.15) is 5.54 Å². The maximum Gasteiger partial charge on any atom is 0.245 e. The minimum atomic E-state index is -0.865. The van der Waals surface area contributed by atoms with Crippen molar-refractivity contribution in [3.05, 3.63) is 29.3 Å². The topological polar surface area (TPSA) is 64.4 Å². The number of hydrogen-bond donors (Lipinski definition) is 2. The highest BCUT2D eigenvalue weighted by Crippen LogP contribution is 2.57. The molecule has 2 aliphatic rings. The van der Waals surface area contributed by atoms with E-state index in [1.165, 1.54) is 0 Å². The number of rotatable bonds is 2. The van der Waals surface area contributed by atoms with Crippen LogP contribution in [0.2, 0.25) is 0 Å². The van der Waals surface area contributed by atoms with Crippen LogP contribution in [0, 0.1) is 25.2 Å². The molecule has 1 aromatic carbocycles. The number of anilines is 1. The summed E-state index contributed by atoms with van der Waals surface area (Å²) >= 11 is 0. The SMILES string of the molecule is Cc1cc(C)cc(NC(=O)C2(N)C3CCCOC3C2(C)C)c1. The summed E-state index contributed by atoms with van der Waals surface area (Å²) in [5, 5.41) is 3.04. The number of carbonyl (C=O) groups excluding carboxylic acids is 1. The average Bonchev–Trinajstić information content (AvgIpc) is 2.45. The van der Waals surface area contributed by atoms with E-state index < -0.39 is 5.54 Å². The van der Waals surface area contributed by atoms with Crippen LogP contribution in [-0.2, 0) is 9.53 Å². The molecule has 3 atom stereocenters. The lowest BCUT2D eigenvalue weighted by Gasteiger charge is -2.65. The van der Waals surface area contributed by atoms with Gasteiger partial charge in [0.25, 0.3) is 0 Å². The van der Waals surface area contributed by atoms with Crippen molar-refractivity contribution in [1.29, 1.82) is 0 Å². The summed E-state index contributed by atoms with van der Waals surface area (Å²) in [7, 11) is 0. The predicted molar refractivity (Wildman–Crippen MR) is 87.7 cm³/mol. The van der Waals surface area contributed by atoms with Crippen molar-refractivity contribution in [2.75, 3.05) is 11.9 Å². The lowest BCUT2D eigenvalue weighted by molar-refractivity contribution is -0.222. The van der Waals surface area contributed by atoms with Gasteiger partial charge in [0, 0.05) is 23.6 Å². The maximum absolute atomic E-state index is 12.9. The van der Waals surface area contributed by atoms with Crippen LogP contribution in [0.25, 0.3) is 0 Å². The van der Waals surface area contributed by atoms with Gasteiger partial charge >= 0.3 is 0 Å². The highest BCUT2D eigenvalue weighted by Gasteiger charge is 2.70. The van der Waals surface area contributed by atoms with Gasteiger partial charge in [-0.2, -0.15) is 0 Å². The summed E-state index contributed by atoms with van der Waals surface area (Å²) in [5.74, 6) is 0.0245. The van der Waals surface area contributed by atoms with Crippen molar-refractivity contribution < 1.29 is 9.53 Å². The fraction of sp³-hybridized carbons (Fsp3) is 0.611. The van der Waals surface area contributed by atoms with Crippen molar-refractivity contribution >= 4 is 11.6 Å². The van der Waals surface area contributed by atoms with Gasteiger partial charge in [0.2, 0.25) is 5.91 Å². The van der Waals surface area contributed by atoms with Crippen molar-refractivity contribution in [3.8, 4) is 0 Å². The second-order valence-electron chi connectivity index (χ2n) is 7.46. The molecule has 3 unspecified atom stereocenters. The molecule has 1 aliphatic carbocycles. The number of ether oxygens (including phenoxy) is 1. The van der Waals surface area contributed by atoms with Crippen molar-refractivity contribution in [2.24, 2.45) is 17.1 Å². The Balaban J connectivity index is 1.84. The molecule has 2 fully saturated rings. The lowest BCUT2D eigenvalue weighted by Crippen LogP contribution is -2.81. The van der Waals surface area contributed by atoms with Crippen LogP contribution in [0.15, 0.2) is 18.2 Å². The molecule has 1 heterocycles. The summed E-state index contributed by atoms with van der Waals surface area (Å²) in [6.07, 6.45) is 2.04. The summed E-state index contributed by atoms with van der Waals surface area (Å²) in [5.41, 5.74) is 8.49. The first-order chi connectivity index (χ1) is 10.3. The third kappa shape index (κ3) is 2.09. The summed E-state index contributed by atoms with van der Waals surface area (Å²) in [6.45, 7) is 8.92. The van der Waals surface area contributed by atoms with E-state index in [-0.39, 0.29) is 23.3 Å². The van der Waals surface area contributed by atoms with Gasteiger partial charge in [-0.25, -0.2) is 0 Å². The third-order valence-electron chi connectivity index (χ3n) is 5.54. The highest BCUT2D eigenvalue weighted by atomic mass is 16.5. The molecule has 0 spiro atoms. The van der Waals surface area contributed by atoms with Crippen molar-refractivity contribution in [1.82, 2.24) is 0 Å². The van der Waals surface area contributed by atoms with Crippen molar-refractivity contribution in [2.45, 2.75) is 52.2 Å². The average molecular weight is 302 g/mol. The smallest absolute Gasteiger partial charge is 0.245 e. The van der Waals surface area contributed by atoms with Crippen LogP contribution >= 0.6 is 0 Å². The zero-order valence-corrected chi connectivity index (χ0v) is 13.9. The van der Waals surface area contributed by atoms with Gasteiger partial charge < -0.3 is 15.8 Å². The number of nitrogens with one attached hydrogen (secondary N) is 1. The molecular formula is C18H26N2O2. The number of nitrogens with two attached hydrogens (primary N) is 1. The number of hydrogen-bond acceptors (Lipinski definition) is 3. The molecule has 1 amide bonds. The first-order valence-electron chi connectivity index (χ1n) is 8.07. The fourth-order valence-corrected chi connectivity index (χ4v) is 4.32. The van der Waals surface area contributed by atoms with Crippen LogP contribution in [0.5, 0.6) is 0 Å². The number of amides is 1. The van der Waals surface area contributed by atoms with Gasteiger partial charge in [0.15, 0.2) is 0 Å². The second kappa shape index (κ2) is 5.07. The van der Waals surface area contributed by atoms with E-state index >= 15 is 0 Å². The van der Waals surface area contributed by atoms with Gasteiger partial charge in [-0.15, -0.1) is 0 Å². The Kier molecular flexibility index (Phi) is 3.57. The van der Waals surface area contributed by atoms with Crippen LogP contribution < -0.4 is 11.1 Å². The normalized spacial score (nSPS) is 32.8. The van der Waals surface area contributed by atoms with Crippen molar-refractivity contribution in [3.63, 3.8) is 0 Å². The molecule has 1 saturated heterocycles. The van der Waals surface area contributed by atoms with E-state index in [9.17, 15) is 4.79 Å². The minimum Gasteiger partial charge on any atom is -0.377 e. The summed E-state index contributed by atoms with van der Waals surface area (Å²) in [6, 6.07) is 6.05. The van der Waals surface area contributed by atoms with E-state index in [4.69, 9.17) is 10.5 Å². The Morgan fingerprint density at radius 2 is 1.91 bits per heavy atom. The summed E-state index contributed by atoms with van der Waals surface area (Å²) < 4.78 is 5.87. The van der Waals surface area contributed by atoms with E-state index in [2.05, 4.69) is 11.4 Å². The molecule has 0 bridgehead atoms. The maximum atomic E-state index is 12.9. The molecule has 120 valence electrons. The molecule has 1 aliphatic heterocycles. The third-order valence-corrected chi connectivity index (χ3v) is 5.54. The first kappa shape index (κ1) is 15.5. The van der Waals surface area contributed by atoms with Gasteiger partial charge in [-0.1, -0.05) is 19.9 Å². The molecule has 1 saturated carbocycles. The Morgan fingerprint density at radius 3 is 2.55 bits per heavy atom. The van der Waals surface area contributed by atoms with E-state index in [0.717, 1.165) is 36.3 Å². The largest absolute Gasteiger partial charge is 0.377 e. The Hall–Kier alpha value is -1.39. The molecule has 3 rings (SSSR count). The molecule has 3 N–H and O–H groups in total. The quantitative estimate of drug-likeness (QED) is 0.883. The van der Waals surface area contributed by atoms with E-state index in [0.29, 0.717) is 0 Å². The van der Waals surface area contributed by atoms with Crippen LogP contribution in [0.3, 0.4) is 0 Å². The van der Waals surface area contributed by atoms with Crippen LogP contribution in [0.1, 0.15) is 37.8 Å². The van der Waals surface area contributed by atoms with E-state index in [1.807, 2.05) is 39.8 Å².